The van der Waals surface area contributed by atoms with E-state index in [-0.39, 0.29) is 6.10 Å². The molecule has 0 fully saturated rings. The lowest BCUT2D eigenvalue weighted by atomic mass is 10.0. The Morgan fingerprint density at radius 2 is 2.04 bits per heavy atom. The minimum Gasteiger partial charge on any atom is -0.490 e. The SMILES string of the molecule is C[C@@H]1Cc2cc(-c3nn(-c4ccccc4)cc3C=O)ccc2O1. The molecule has 0 aliphatic carbocycles. The van der Waals surface area contributed by atoms with E-state index < -0.39 is 0 Å². The van der Waals surface area contributed by atoms with Gasteiger partial charge in [0.1, 0.15) is 17.5 Å². The number of hydrogen-bond acceptors (Lipinski definition) is 3. The number of ether oxygens (including phenoxy) is 1. The Labute approximate surface area is 134 Å². The molecule has 4 nitrogen and oxygen atoms in total. The van der Waals surface area contributed by atoms with Crippen molar-refractivity contribution in [3.8, 4) is 22.7 Å². The molecule has 0 bridgehead atoms. The Kier molecular flexibility index (Phi) is 3.23. The highest BCUT2D eigenvalue weighted by Gasteiger charge is 2.20. The van der Waals surface area contributed by atoms with Crippen molar-refractivity contribution < 1.29 is 9.53 Å². The summed E-state index contributed by atoms with van der Waals surface area (Å²) in [4.78, 5) is 11.5. The molecule has 1 aliphatic heterocycles. The molecule has 0 saturated heterocycles. The second-order valence-electron chi connectivity index (χ2n) is 5.79. The number of rotatable bonds is 3. The third-order valence-corrected chi connectivity index (χ3v) is 4.06. The van der Waals surface area contributed by atoms with Crippen LogP contribution in [0.2, 0.25) is 0 Å². The standard InChI is InChI=1S/C19H16N2O2/c1-13-9-15-10-14(7-8-18(15)23-13)19-16(12-22)11-21(20-19)17-5-3-2-4-6-17/h2-8,10-13H,9H2,1H3/t13-/m1/s1. The summed E-state index contributed by atoms with van der Waals surface area (Å²) in [6, 6.07) is 15.8. The van der Waals surface area contributed by atoms with Gasteiger partial charge in [-0.05, 0) is 42.8 Å². The third-order valence-electron chi connectivity index (χ3n) is 4.06. The quantitative estimate of drug-likeness (QED) is 0.693. The average molecular weight is 304 g/mol. The summed E-state index contributed by atoms with van der Waals surface area (Å²) in [5.74, 6) is 0.927. The van der Waals surface area contributed by atoms with E-state index in [0.29, 0.717) is 11.3 Å². The molecule has 4 heteroatoms. The van der Waals surface area contributed by atoms with Gasteiger partial charge in [-0.3, -0.25) is 4.79 Å². The number of carbonyl (C=O) groups excluding carboxylic acids is 1. The van der Waals surface area contributed by atoms with E-state index in [0.717, 1.165) is 29.7 Å². The lowest BCUT2D eigenvalue weighted by Crippen LogP contribution is -2.05. The van der Waals surface area contributed by atoms with Crippen molar-refractivity contribution in [3.63, 3.8) is 0 Å². The van der Waals surface area contributed by atoms with Crippen molar-refractivity contribution in [2.75, 3.05) is 0 Å². The smallest absolute Gasteiger partial charge is 0.153 e. The predicted octanol–water partition coefficient (Wildman–Crippen LogP) is 3.68. The van der Waals surface area contributed by atoms with Crippen LogP contribution in [0, 0.1) is 0 Å². The van der Waals surface area contributed by atoms with E-state index in [1.54, 1.807) is 10.9 Å². The molecule has 1 aliphatic rings. The van der Waals surface area contributed by atoms with Gasteiger partial charge in [0.15, 0.2) is 6.29 Å². The highest BCUT2D eigenvalue weighted by Crippen LogP contribution is 2.33. The van der Waals surface area contributed by atoms with E-state index in [1.807, 2.05) is 42.5 Å². The van der Waals surface area contributed by atoms with Gasteiger partial charge in [-0.25, -0.2) is 4.68 Å². The summed E-state index contributed by atoms with van der Waals surface area (Å²) >= 11 is 0. The summed E-state index contributed by atoms with van der Waals surface area (Å²) in [7, 11) is 0. The monoisotopic (exact) mass is 304 g/mol. The van der Waals surface area contributed by atoms with Gasteiger partial charge in [0.2, 0.25) is 0 Å². The highest BCUT2D eigenvalue weighted by atomic mass is 16.5. The first kappa shape index (κ1) is 13.8. The fraction of sp³-hybridized carbons (Fsp3) is 0.158. The minimum absolute atomic E-state index is 0.202. The second-order valence-corrected chi connectivity index (χ2v) is 5.79. The van der Waals surface area contributed by atoms with E-state index in [9.17, 15) is 4.79 Å². The molecule has 114 valence electrons. The first-order valence-electron chi connectivity index (χ1n) is 7.65. The molecule has 0 saturated carbocycles. The van der Waals surface area contributed by atoms with Crippen LogP contribution in [0.15, 0.2) is 54.7 Å². The van der Waals surface area contributed by atoms with Gasteiger partial charge in [0.05, 0.1) is 11.3 Å². The van der Waals surface area contributed by atoms with Crippen LogP contribution in [0.4, 0.5) is 0 Å². The van der Waals surface area contributed by atoms with E-state index >= 15 is 0 Å². The molecule has 4 rings (SSSR count). The molecule has 0 amide bonds. The van der Waals surface area contributed by atoms with Gasteiger partial charge in [-0.2, -0.15) is 5.10 Å². The summed E-state index contributed by atoms with van der Waals surface area (Å²) in [6.07, 6.45) is 3.71. The molecule has 0 radical (unpaired) electrons. The van der Waals surface area contributed by atoms with Crippen molar-refractivity contribution in [1.82, 2.24) is 9.78 Å². The number of fused-ring (bicyclic) bond motifs is 1. The van der Waals surface area contributed by atoms with Gasteiger partial charge in [-0.15, -0.1) is 0 Å². The molecule has 2 aromatic carbocycles. The largest absolute Gasteiger partial charge is 0.490 e. The van der Waals surface area contributed by atoms with Crippen LogP contribution in [-0.4, -0.2) is 22.2 Å². The van der Waals surface area contributed by atoms with Crippen molar-refractivity contribution in [1.29, 1.82) is 0 Å². The molecule has 2 heterocycles. The van der Waals surface area contributed by atoms with Crippen LogP contribution in [0.1, 0.15) is 22.8 Å². The minimum atomic E-state index is 0.202. The predicted molar refractivity (Wildman–Crippen MR) is 88.2 cm³/mol. The zero-order valence-electron chi connectivity index (χ0n) is 12.8. The van der Waals surface area contributed by atoms with E-state index in [1.165, 1.54) is 5.56 Å². The molecule has 3 aromatic rings. The second kappa shape index (κ2) is 5.39. The van der Waals surface area contributed by atoms with Gasteiger partial charge >= 0.3 is 0 Å². The molecular weight excluding hydrogens is 288 g/mol. The Morgan fingerprint density at radius 3 is 2.83 bits per heavy atom. The number of nitrogens with zero attached hydrogens (tertiary/aromatic N) is 2. The van der Waals surface area contributed by atoms with Crippen LogP contribution in [0.3, 0.4) is 0 Å². The molecule has 0 spiro atoms. The number of para-hydroxylation sites is 1. The van der Waals surface area contributed by atoms with Crippen molar-refractivity contribution >= 4 is 6.29 Å². The van der Waals surface area contributed by atoms with Crippen LogP contribution in [0.25, 0.3) is 16.9 Å². The lowest BCUT2D eigenvalue weighted by molar-refractivity contribution is 0.112. The number of aromatic nitrogens is 2. The van der Waals surface area contributed by atoms with Gasteiger partial charge in [0.25, 0.3) is 0 Å². The maximum absolute atomic E-state index is 11.5. The molecule has 1 aromatic heterocycles. The lowest BCUT2D eigenvalue weighted by Gasteiger charge is -2.03. The first-order chi connectivity index (χ1) is 11.2. The Morgan fingerprint density at radius 1 is 1.22 bits per heavy atom. The topological polar surface area (TPSA) is 44.1 Å². The van der Waals surface area contributed by atoms with Crippen LogP contribution < -0.4 is 4.74 Å². The van der Waals surface area contributed by atoms with E-state index in [2.05, 4.69) is 18.1 Å². The van der Waals surface area contributed by atoms with Gasteiger partial charge in [-0.1, -0.05) is 18.2 Å². The summed E-state index contributed by atoms with van der Waals surface area (Å²) in [5.41, 5.74) is 4.33. The Bertz CT molecular complexity index is 868. The van der Waals surface area contributed by atoms with Crippen molar-refractivity contribution in [2.24, 2.45) is 0 Å². The summed E-state index contributed by atoms with van der Waals surface area (Å²) < 4.78 is 7.48. The Balaban J connectivity index is 1.79. The van der Waals surface area contributed by atoms with Crippen molar-refractivity contribution in [2.45, 2.75) is 19.4 Å². The molecule has 0 N–H and O–H groups in total. The number of aldehydes is 1. The molecular formula is C19H16N2O2. The van der Waals surface area contributed by atoms with E-state index in [4.69, 9.17) is 4.74 Å². The highest BCUT2D eigenvalue weighted by molar-refractivity contribution is 5.86. The van der Waals surface area contributed by atoms with Crippen LogP contribution in [-0.2, 0) is 6.42 Å². The fourth-order valence-electron chi connectivity index (χ4n) is 2.98. The normalized spacial score (nSPS) is 16.0. The van der Waals surface area contributed by atoms with Crippen LogP contribution in [0.5, 0.6) is 5.75 Å². The molecule has 23 heavy (non-hydrogen) atoms. The zero-order chi connectivity index (χ0) is 15.8. The first-order valence-corrected chi connectivity index (χ1v) is 7.65. The third kappa shape index (κ3) is 2.42. The average Bonchev–Trinajstić information content (AvgIpc) is 3.17. The summed E-state index contributed by atoms with van der Waals surface area (Å²) in [6.45, 7) is 2.06. The Hall–Kier alpha value is -2.88. The molecule has 1 atom stereocenters. The maximum atomic E-state index is 11.5. The maximum Gasteiger partial charge on any atom is 0.153 e. The number of carbonyl (C=O) groups is 1. The van der Waals surface area contributed by atoms with Crippen LogP contribution >= 0.6 is 0 Å². The number of benzene rings is 2. The van der Waals surface area contributed by atoms with Gasteiger partial charge < -0.3 is 4.74 Å². The van der Waals surface area contributed by atoms with Crippen molar-refractivity contribution in [3.05, 3.63) is 65.9 Å². The molecule has 0 unspecified atom stereocenters. The zero-order valence-corrected chi connectivity index (χ0v) is 12.8. The number of hydrogen-bond donors (Lipinski definition) is 0. The van der Waals surface area contributed by atoms with Gasteiger partial charge in [0, 0.05) is 18.2 Å². The fourth-order valence-corrected chi connectivity index (χ4v) is 2.98. The summed E-state index contributed by atoms with van der Waals surface area (Å²) in [5, 5.41) is 4.61.